The first-order valence-corrected chi connectivity index (χ1v) is 11.8. The van der Waals surface area contributed by atoms with Gasteiger partial charge in [-0.05, 0) is 68.4 Å². The summed E-state index contributed by atoms with van der Waals surface area (Å²) in [6, 6.07) is 11.1. The number of carbonyl (C=O) groups excluding carboxylic acids is 2. The van der Waals surface area contributed by atoms with E-state index >= 15 is 0 Å². The van der Waals surface area contributed by atoms with Crippen LogP contribution in [-0.4, -0.2) is 47.4 Å². The zero-order valence-electron chi connectivity index (χ0n) is 20.6. The number of amidine groups is 1. The van der Waals surface area contributed by atoms with E-state index in [9.17, 15) is 9.59 Å². The van der Waals surface area contributed by atoms with Gasteiger partial charge in [0.25, 0.3) is 5.91 Å². The van der Waals surface area contributed by atoms with Gasteiger partial charge in [0.15, 0.2) is 5.84 Å². The Balaban J connectivity index is 1.59. The Hall–Kier alpha value is -3.66. The lowest BCUT2D eigenvalue weighted by atomic mass is 9.86. The summed E-state index contributed by atoms with van der Waals surface area (Å²) in [4.78, 5) is 28.3. The van der Waals surface area contributed by atoms with Crippen LogP contribution in [0.5, 0.6) is 5.75 Å². The summed E-state index contributed by atoms with van der Waals surface area (Å²) < 4.78 is 5.22. The van der Waals surface area contributed by atoms with Crippen LogP contribution in [-0.2, 0) is 11.3 Å². The molecule has 3 rings (SSSR count). The highest BCUT2D eigenvalue weighted by Crippen LogP contribution is 2.24. The number of amides is 2. The van der Waals surface area contributed by atoms with E-state index < -0.39 is 0 Å². The van der Waals surface area contributed by atoms with Crippen LogP contribution < -0.4 is 26.9 Å². The van der Waals surface area contributed by atoms with Crippen LogP contribution in [0, 0.1) is 12.8 Å². The minimum Gasteiger partial charge on any atom is -0.497 e. The molecule has 1 fully saturated rings. The lowest BCUT2D eigenvalue weighted by Crippen LogP contribution is -2.40. The molecule has 188 valence electrons. The number of pyridine rings is 1. The highest BCUT2D eigenvalue weighted by Gasteiger charge is 2.23. The molecule has 1 heterocycles. The zero-order chi connectivity index (χ0) is 25.4. The molecular weight excluding hydrogens is 446 g/mol. The number of hydrazine groups is 1. The quantitative estimate of drug-likeness (QED) is 0.185. The number of ether oxygens (including phenoxy) is 1. The van der Waals surface area contributed by atoms with Gasteiger partial charge in [0, 0.05) is 30.8 Å². The molecule has 35 heavy (non-hydrogen) atoms. The van der Waals surface area contributed by atoms with E-state index in [0.29, 0.717) is 30.3 Å². The highest BCUT2D eigenvalue weighted by atomic mass is 16.5. The van der Waals surface area contributed by atoms with E-state index in [1.807, 2.05) is 24.3 Å². The minimum absolute atomic E-state index is 0.00673. The number of rotatable bonds is 9. The Bertz CT molecular complexity index is 1060. The Morgan fingerprint density at radius 2 is 1.94 bits per heavy atom. The number of benzene rings is 1. The highest BCUT2D eigenvalue weighted by molar-refractivity contribution is 6.00. The van der Waals surface area contributed by atoms with E-state index in [4.69, 9.17) is 16.3 Å². The second kappa shape index (κ2) is 12.2. The fourth-order valence-corrected chi connectivity index (χ4v) is 4.27. The molecule has 1 aromatic carbocycles. The topological polar surface area (TPSA) is 148 Å². The van der Waals surface area contributed by atoms with Gasteiger partial charge in [0.2, 0.25) is 5.91 Å². The number of methoxy groups -OCH3 is 1. The van der Waals surface area contributed by atoms with Crippen molar-refractivity contribution in [3.8, 4) is 5.75 Å². The van der Waals surface area contributed by atoms with E-state index in [1.165, 1.54) is 5.12 Å². The van der Waals surface area contributed by atoms with Crippen LogP contribution in [0.1, 0.15) is 59.9 Å². The SMILES string of the molecule is COc1cccc(CNC(=O)c2cc(/C(N)=N/N(N)CC3CCC(NC(C)=O)CC3)cc(C)n2)c1. The van der Waals surface area contributed by atoms with E-state index in [2.05, 4.69) is 20.7 Å². The number of nitrogens with two attached hydrogens (primary N) is 2. The first kappa shape index (κ1) is 26.0. The first-order valence-electron chi connectivity index (χ1n) is 11.8. The third-order valence-corrected chi connectivity index (χ3v) is 6.00. The van der Waals surface area contributed by atoms with Crippen molar-refractivity contribution in [1.29, 1.82) is 0 Å². The summed E-state index contributed by atoms with van der Waals surface area (Å²) in [6.45, 7) is 4.24. The number of hydrogen-bond donors (Lipinski definition) is 4. The number of nitrogens with one attached hydrogen (secondary N) is 2. The maximum atomic E-state index is 12.7. The smallest absolute Gasteiger partial charge is 0.270 e. The molecule has 6 N–H and O–H groups in total. The molecule has 0 bridgehead atoms. The predicted octanol–water partition coefficient (Wildman–Crippen LogP) is 1.82. The molecule has 1 aromatic heterocycles. The van der Waals surface area contributed by atoms with Gasteiger partial charge in [0.1, 0.15) is 11.4 Å². The Morgan fingerprint density at radius 3 is 2.63 bits per heavy atom. The Kier molecular flexibility index (Phi) is 9.02. The van der Waals surface area contributed by atoms with Crippen LogP contribution in [0.3, 0.4) is 0 Å². The van der Waals surface area contributed by atoms with Crippen LogP contribution in [0.4, 0.5) is 0 Å². The Morgan fingerprint density at radius 1 is 1.20 bits per heavy atom. The normalized spacial score (nSPS) is 18.0. The van der Waals surface area contributed by atoms with Gasteiger partial charge in [-0.15, -0.1) is 5.10 Å². The van der Waals surface area contributed by atoms with Crippen molar-refractivity contribution >= 4 is 17.6 Å². The van der Waals surface area contributed by atoms with Gasteiger partial charge >= 0.3 is 0 Å². The number of aryl methyl sites for hydroxylation is 1. The van der Waals surface area contributed by atoms with Crippen LogP contribution in [0.25, 0.3) is 0 Å². The van der Waals surface area contributed by atoms with E-state index in [1.54, 1.807) is 33.1 Å². The molecule has 0 saturated heterocycles. The lowest BCUT2D eigenvalue weighted by Gasteiger charge is -2.30. The van der Waals surface area contributed by atoms with Gasteiger partial charge < -0.3 is 21.1 Å². The molecule has 0 radical (unpaired) electrons. The number of carbonyl (C=O) groups is 2. The standard InChI is InChI=1S/C25H35N7O3/c1-16-11-20(13-23(29-16)25(34)28-14-19-5-4-6-22(12-19)35-3)24(26)31-32(27)15-18-7-9-21(10-8-18)30-17(2)33/h4-6,11-13,18,21H,7-10,14-15,27H2,1-3H3,(H2,26,31)(H,28,34)(H,30,33). The summed E-state index contributed by atoms with van der Waals surface area (Å²) in [6.07, 6.45) is 3.77. The second-order valence-corrected chi connectivity index (χ2v) is 8.94. The van der Waals surface area contributed by atoms with Crippen molar-refractivity contribution in [2.45, 2.75) is 52.1 Å². The van der Waals surface area contributed by atoms with Crippen molar-refractivity contribution < 1.29 is 14.3 Å². The molecule has 1 aliphatic rings. The molecule has 0 aliphatic heterocycles. The predicted molar refractivity (Wildman–Crippen MR) is 134 cm³/mol. The molecule has 2 amide bonds. The Labute approximate surface area is 206 Å². The molecule has 1 aliphatic carbocycles. The average Bonchev–Trinajstić information content (AvgIpc) is 2.83. The minimum atomic E-state index is -0.314. The molecule has 2 aromatic rings. The summed E-state index contributed by atoms with van der Waals surface area (Å²) >= 11 is 0. The van der Waals surface area contributed by atoms with Gasteiger partial charge in [-0.3, -0.25) is 9.59 Å². The second-order valence-electron chi connectivity index (χ2n) is 8.94. The molecule has 0 atom stereocenters. The van der Waals surface area contributed by atoms with Gasteiger partial charge in [-0.2, -0.15) is 0 Å². The maximum Gasteiger partial charge on any atom is 0.270 e. The van der Waals surface area contributed by atoms with Crippen molar-refractivity contribution in [1.82, 2.24) is 20.7 Å². The molecule has 10 nitrogen and oxygen atoms in total. The van der Waals surface area contributed by atoms with Crippen molar-refractivity contribution in [3.05, 3.63) is 58.9 Å². The van der Waals surface area contributed by atoms with E-state index in [0.717, 1.165) is 37.0 Å². The summed E-state index contributed by atoms with van der Waals surface area (Å²) in [5.74, 6) is 7.13. The van der Waals surface area contributed by atoms with Gasteiger partial charge in [0.05, 0.1) is 13.7 Å². The number of hydrazone groups is 1. The lowest BCUT2D eigenvalue weighted by molar-refractivity contribution is -0.119. The molecule has 10 heteroatoms. The summed E-state index contributed by atoms with van der Waals surface area (Å²) in [5, 5.41) is 11.5. The molecule has 0 spiro atoms. The number of hydrogen-bond acceptors (Lipinski definition) is 7. The van der Waals surface area contributed by atoms with Crippen LogP contribution in [0.15, 0.2) is 41.5 Å². The number of nitrogens with zero attached hydrogens (tertiary/aromatic N) is 3. The van der Waals surface area contributed by atoms with E-state index in [-0.39, 0.29) is 29.4 Å². The largest absolute Gasteiger partial charge is 0.497 e. The van der Waals surface area contributed by atoms with Crippen molar-refractivity contribution in [2.75, 3.05) is 13.7 Å². The fraction of sp³-hybridized carbons (Fsp3) is 0.440. The molecular formula is C25H35N7O3. The fourth-order valence-electron chi connectivity index (χ4n) is 4.27. The number of aromatic nitrogens is 1. The van der Waals surface area contributed by atoms with Crippen LogP contribution in [0.2, 0.25) is 0 Å². The van der Waals surface area contributed by atoms with Crippen molar-refractivity contribution in [3.63, 3.8) is 0 Å². The van der Waals surface area contributed by atoms with Crippen LogP contribution >= 0.6 is 0 Å². The van der Waals surface area contributed by atoms with Crippen molar-refractivity contribution in [2.24, 2.45) is 22.6 Å². The third kappa shape index (κ3) is 7.96. The van der Waals surface area contributed by atoms with Gasteiger partial charge in [-0.25, -0.2) is 15.9 Å². The average molecular weight is 482 g/mol. The third-order valence-electron chi connectivity index (χ3n) is 6.00. The maximum absolute atomic E-state index is 12.7. The first-order chi connectivity index (χ1) is 16.7. The zero-order valence-corrected chi connectivity index (χ0v) is 20.6. The molecule has 1 saturated carbocycles. The summed E-state index contributed by atoms with van der Waals surface area (Å²) in [7, 11) is 1.60. The monoisotopic (exact) mass is 481 g/mol. The molecule has 0 unspecified atom stereocenters. The summed E-state index contributed by atoms with van der Waals surface area (Å²) in [5.41, 5.74) is 8.61. The van der Waals surface area contributed by atoms with Gasteiger partial charge in [-0.1, -0.05) is 12.1 Å².